The lowest BCUT2D eigenvalue weighted by atomic mass is 9.91. The van der Waals surface area contributed by atoms with Gasteiger partial charge in [-0.3, -0.25) is 0 Å². The van der Waals surface area contributed by atoms with Crippen molar-refractivity contribution in [3.05, 3.63) is 26.6 Å². The van der Waals surface area contributed by atoms with Crippen molar-refractivity contribution < 1.29 is 8.42 Å². The Kier molecular flexibility index (Phi) is 5.63. The molecule has 0 bridgehead atoms. The molecule has 6 heteroatoms. The SMILES string of the molecule is CCC(C)(C)CNS(=O)(=O)c1cc(Br)c(C)cc1Br. The van der Waals surface area contributed by atoms with E-state index in [0.717, 1.165) is 16.5 Å². The Bertz CT molecular complexity index is 568. The Labute approximate surface area is 132 Å². The minimum absolute atomic E-state index is 0.0541. The smallest absolute Gasteiger partial charge is 0.211 e. The molecule has 1 N–H and O–H groups in total. The zero-order valence-corrected chi connectivity index (χ0v) is 15.5. The highest BCUT2D eigenvalue weighted by molar-refractivity contribution is 9.11. The topological polar surface area (TPSA) is 46.2 Å². The van der Waals surface area contributed by atoms with Gasteiger partial charge in [0.05, 0.1) is 4.90 Å². The van der Waals surface area contributed by atoms with E-state index in [1.807, 2.05) is 27.7 Å². The molecule has 0 aromatic heterocycles. The second-order valence-corrected chi connectivity index (χ2v) is 8.82. The maximum Gasteiger partial charge on any atom is 0.241 e. The molecule has 1 aromatic rings. The van der Waals surface area contributed by atoms with Gasteiger partial charge in [0.15, 0.2) is 0 Å². The van der Waals surface area contributed by atoms with E-state index in [2.05, 4.69) is 36.6 Å². The first-order valence-electron chi connectivity index (χ1n) is 6.04. The van der Waals surface area contributed by atoms with Gasteiger partial charge in [0.2, 0.25) is 10.0 Å². The van der Waals surface area contributed by atoms with Gasteiger partial charge in [0, 0.05) is 15.5 Å². The van der Waals surface area contributed by atoms with Gasteiger partial charge < -0.3 is 0 Å². The molecule has 0 aliphatic rings. The maximum atomic E-state index is 12.3. The number of hydrogen-bond acceptors (Lipinski definition) is 2. The Morgan fingerprint density at radius 2 is 1.79 bits per heavy atom. The molecule has 108 valence electrons. The quantitative estimate of drug-likeness (QED) is 0.786. The molecule has 0 spiro atoms. The lowest BCUT2D eigenvalue weighted by molar-refractivity contribution is 0.350. The number of halogens is 2. The van der Waals surface area contributed by atoms with E-state index in [1.54, 1.807) is 12.1 Å². The molecule has 1 rings (SSSR count). The van der Waals surface area contributed by atoms with E-state index >= 15 is 0 Å². The highest BCUT2D eigenvalue weighted by atomic mass is 79.9. The van der Waals surface area contributed by atoms with E-state index < -0.39 is 10.0 Å². The number of aryl methyl sites for hydroxylation is 1. The first-order valence-corrected chi connectivity index (χ1v) is 9.11. The summed E-state index contributed by atoms with van der Waals surface area (Å²) < 4.78 is 28.7. The minimum Gasteiger partial charge on any atom is -0.211 e. The summed E-state index contributed by atoms with van der Waals surface area (Å²) in [5, 5.41) is 0. The molecule has 0 heterocycles. The monoisotopic (exact) mass is 411 g/mol. The van der Waals surface area contributed by atoms with E-state index in [0.29, 0.717) is 11.0 Å². The van der Waals surface area contributed by atoms with Gasteiger partial charge in [0.25, 0.3) is 0 Å². The third-order valence-electron chi connectivity index (χ3n) is 3.20. The third-order valence-corrected chi connectivity index (χ3v) is 6.41. The fraction of sp³-hybridized carbons (Fsp3) is 0.538. The summed E-state index contributed by atoms with van der Waals surface area (Å²) >= 11 is 6.68. The van der Waals surface area contributed by atoms with Crippen LogP contribution in [0, 0.1) is 12.3 Å². The second-order valence-electron chi connectivity index (χ2n) is 5.37. The van der Waals surface area contributed by atoms with Crippen LogP contribution in [0.5, 0.6) is 0 Å². The van der Waals surface area contributed by atoms with Crippen molar-refractivity contribution in [3.8, 4) is 0 Å². The van der Waals surface area contributed by atoms with Crippen molar-refractivity contribution in [2.45, 2.75) is 39.0 Å². The predicted octanol–water partition coefficient (Wildman–Crippen LogP) is 4.23. The summed E-state index contributed by atoms with van der Waals surface area (Å²) in [6, 6.07) is 3.42. The molecular formula is C13H19Br2NO2S. The van der Waals surface area contributed by atoms with Crippen molar-refractivity contribution in [1.82, 2.24) is 4.72 Å². The van der Waals surface area contributed by atoms with Gasteiger partial charge in [-0.1, -0.05) is 36.7 Å². The van der Waals surface area contributed by atoms with Gasteiger partial charge >= 0.3 is 0 Å². The summed E-state index contributed by atoms with van der Waals surface area (Å²) in [5.41, 5.74) is 0.932. The highest BCUT2D eigenvalue weighted by Crippen LogP contribution is 2.29. The van der Waals surface area contributed by atoms with Gasteiger partial charge in [-0.25, -0.2) is 13.1 Å². The van der Waals surface area contributed by atoms with Crippen LogP contribution in [0.15, 0.2) is 26.0 Å². The standard InChI is InChI=1S/C13H19Br2NO2S/c1-5-13(3,4)8-16-19(17,18)12-7-10(14)9(2)6-11(12)15/h6-7,16H,5,8H2,1-4H3. The molecule has 0 aliphatic carbocycles. The second kappa shape index (κ2) is 6.24. The average Bonchev–Trinajstić information content (AvgIpc) is 2.31. The first kappa shape index (κ1) is 17.1. The van der Waals surface area contributed by atoms with Gasteiger partial charge in [-0.05, 0) is 52.4 Å². The molecule has 0 unspecified atom stereocenters. The summed E-state index contributed by atoms with van der Waals surface area (Å²) in [5.74, 6) is 0. The molecule has 0 saturated heterocycles. The summed E-state index contributed by atoms with van der Waals surface area (Å²) in [4.78, 5) is 0.261. The summed E-state index contributed by atoms with van der Waals surface area (Å²) in [6.45, 7) is 8.46. The molecule has 0 amide bonds. The molecule has 0 aliphatic heterocycles. The molecule has 1 aromatic carbocycles. The highest BCUT2D eigenvalue weighted by Gasteiger charge is 2.23. The fourth-order valence-electron chi connectivity index (χ4n) is 1.33. The van der Waals surface area contributed by atoms with Gasteiger partial charge in [0.1, 0.15) is 0 Å². The zero-order chi connectivity index (χ0) is 14.8. The van der Waals surface area contributed by atoms with Crippen LogP contribution < -0.4 is 4.72 Å². The number of nitrogens with one attached hydrogen (secondary N) is 1. The molecule has 0 fully saturated rings. The van der Waals surface area contributed by atoms with E-state index in [4.69, 9.17) is 0 Å². The predicted molar refractivity (Wildman–Crippen MR) is 85.8 cm³/mol. The number of benzene rings is 1. The van der Waals surface area contributed by atoms with Crippen molar-refractivity contribution in [1.29, 1.82) is 0 Å². The normalized spacial score (nSPS) is 12.7. The Balaban J connectivity index is 3.05. The summed E-state index contributed by atoms with van der Waals surface area (Å²) in [7, 11) is -3.50. The van der Waals surface area contributed by atoms with Crippen molar-refractivity contribution in [3.63, 3.8) is 0 Å². The van der Waals surface area contributed by atoms with Gasteiger partial charge in [-0.15, -0.1) is 0 Å². The van der Waals surface area contributed by atoms with Crippen molar-refractivity contribution in [2.24, 2.45) is 5.41 Å². The van der Waals surface area contributed by atoms with E-state index in [-0.39, 0.29) is 10.3 Å². The summed E-state index contributed by atoms with van der Waals surface area (Å²) in [6.07, 6.45) is 0.911. The third kappa shape index (κ3) is 4.55. The van der Waals surface area contributed by atoms with Crippen molar-refractivity contribution >= 4 is 41.9 Å². The van der Waals surface area contributed by atoms with Crippen LogP contribution in [0.1, 0.15) is 32.8 Å². The van der Waals surface area contributed by atoms with E-state index in [1.165, 1.54) is 0 Å². The number of sulfonamides is 1. The lowest BCUT2D eigenvalue weighted by Gasteiger charge is -2.23. The van der Waals surface area contributed by atoms with Crippen LogP contribution in [0.25, 0.3) is 0 Å². The van der Waals surface area contributed by atoms with Crippen LogP contribution in [0.4, 0.5) is 0 Å². The molecule has 19 heavy (non-hydrogen) atoms. The number of hydrogen-bond donors (Lipinski definition) is 1. The molecule has 3 nitrogen and oxygen atoms in total. The maximum absolute atomic E-state index is 12.3. The van der Waals surface area contributed by atoms with Crippen LogP contribution >= 0.6 is 31.9 Å². The van der Waals surface area contributed by atoms with Crippen LogP contribution in [-0.2, 0) is 10.0 Å². The Morgan fingerprint density at radius 3 is 2.32 bits per heavy atom. The van der Waals surface area contributed by atoms with Gasteiger partial charge in [-0.2, -0.15) is 0 Å². The minimum atomic E-state index is -3.50. The molecule has 0 radical (unpaired) electrons. The molecular weight excluding hydrogens is 394 g/mol. The Hall–Kier alpha value is 0.0900. The van der Waals surface area contributed by atoms with E-state index in [9.17, 15) is 8.42 Å². The first-order chi connectivity index (χ1) is 8.59. The zero-order valence-electron chi connectivity index (χ0n) is 11.5. The Morgan fingerprint density at radius 1 is 1.21 bits per heavy atom. The number of rotatable bonds is 5. The van der Waals surface area contributed by atoms with Crippen LogP contribution in [-0.4, -0.2) is 15.0 Å². The largest absolute Gasteiger partial charge is 0.241 e. The van der Waals surface area contributed by atoms with Crippen LogP contribution in [0.2, 0.25) is 0 Å². The molecule has 0 saturated carbocycles. The van der Waals surface area contributed by atoms with Crippen molar-refractivity contribution in [2.75, 3.05) is 6.54 Å². The molecule has 0 atom stereocenters. The fourth-order valence-corrected chi connectivity index (χ4v) is 4.24. The lowest BCUT2D eigenvalue weighted by Crippen LogP contribution is -2.33. The average molecular weight is 413 g/mol. The van der Waals surface area contributed by atoms with Crippen LogP contribution in [0.3, 0.4) is 0 Å².